The molecule has 2 unspecified atom stereocenters. The van der Waals surface area contributed by atoms with Gasteiger partial charge >= 0.3 is 0 Å². The molecule has 41 heavy (non-hydrogen) atoms. The molecule has 0 aliphatic heterocycles. The topological polar surface area (TPSA) is 90.9 Å². The normalized spacial score (nSPS) is 13.2. The molecule has 0 aliphatic carbocycles. The Morgan fingerprint density at radius 1 is 1.02 bits per heavy atom. The fraction of sp³-hybridized carbons (Fsp3) is 0.531. The standard InChI is InChI=1S/C20H33NO3.C10H12F2O.C2H4O2/c1-14(2)17(5)20(23)18(6)16(4)12-19(24-13-22)15(3)10-8-9-11-21-7;1-7-3-4-9(5-8(7)2)13-6-10(11)12;1-4-2-3/h9,11-15,17,21H,8,10H2,1-7H3;3-5,10H,6H2,1-2H3;2H,1H3/b11-9+,18-16+,19-12-;;. The van der Waals surface area contributed by atoms with Crippen molar-refractivity contribution in [2.24, 2.45) is 17.8 Å². The first-order valence-electron chi connectivity index (χ1n) is 13.6. The van der Waals surface area contributed by atoms with Gasteiger partial charge < -0.3 is 19.5 Å². The van der Waals surface area contributed by atoms with Crippen LogP contribution in [0.4, 0.5) is 8.78 Å². The summed E-state index contributed by atoms with van der Waals surface area (Å²) in [7, 11) is 3.17. The summed E-state index contributed by atoms with van der Waals surface area (Å²) in [5, 5.41) is 2.95. The summed E-state index contributed by atoms with van der Waals surface area (Å²) in [6.45, 7) is 16.0. The predicted molar refractivity (Wildman–Crippen MR) is 160 cm³/mol. The maximum absolute atomic E-state index is 12.5. The number of halogens is 2. The van der Waals surface area contributed by atoms with E-state index in [0.717, 1.165) is 35.1 Å². The molecule has 9 heteroatoms. The Hall–Kier alpha value is -3.49. The second kappa shape index (κ2) is 23.2. The number of aryl methyl sites for hydroxylation is 2. The minimum atomic E-state index is -2.42. The molecule has 0 saturated heterocycles. The van der Waals surface area contributed by atoms with Gasteiger partial charge in [0.25, 0.3) is 19.4 Å². The molecule has 0 saturated carbocycles. The second-order valence-corrected chi connectivity index (χ2v) is 9.92. The third-order valence-electron chi connectivity index (χ3n) is 6.40. The van der Waals surface area contributed by atoms with E-state index in [0.29, 0.717) is 30.4 Å². The van der Waals surface area contributed by atoms with Gasteiger partial charge in [0, 0.05) is 18.9 Å². The minimum Gasteiger partial charge on any atom is -0.488 e. The molecule has 0 amide bonds. The Bertz CT molecular complexity index is 1000. The molecule has 0 bridgehead atoms. The Labute approximate surface area is 245 Å². The van der Waals surface area contributed by atoms with Crippen LogP contribution >= 0.6 is 0 Å². The number of alkyl halides is 2. The lowest BCUT2D eigenvalue weighted by atomic mass is 9.88. The number of benzene rings is 1. The van der Waals surface area contributed by atoms with Gasteiger partial charge in [0.2, 0.25) is 0 Å². The number of hydrogen-bond donors (Lipinski definition) is 1. The number of carbonyl (C=O) groups is 3. The molecule has 0 heterocycles. The first-order valence-corrected chi connectivity index (χ1v) is 13.6. The molecular weight excluding hydrogens is 532 g/mol. The van der Waals surface area contributed by atoms with Gasteiger partial charge in [-0.3, -0.25) is 14.4 Å². The highest BCUT2D eigenvalue weighted by atomic mass is 19.3. The third kappa shape index (κ3) is 18.5. The van der Waals surface area contributed by atoms with Gasteiger partial charge in [0.15, 0.2) is 5.78 Å². The van der Waals surface area contributed by atoms with Gasteiger partial charge in [0.05, 0.1) is 7.11 Å². The number of allylic oxidation sites excluding steroid dienone is 5. The van der Waals surface area contributed by atoms with Crippen molar-refractivity contribution in [3.63, 3.8) is 0 Å². The van der Waals surface area contributed by atoms with Gasteiger partial charge in [0.1, 0.15) is 18.1 Å². The molecule has 7 nitrogen and oxygen atoms in total. The number of Topliss-reactive ketones (excluding diaryl/α,β-unsaturated/α-hetero) is 1. The SMILES string of the molecule is CN/C=C/CCC(C)/C(=C/C(C)=C(\C)C(=O)C(C)C(C)C)OC=O.COC=O.Cc1ccc(OCC(F)F)cc1C. The molecule has 0 radical (unpaired) electrons. The molecule has 0 spiro atoms. The summed E-state index contributed by atoms with van der Waals surface area (Å²) in [5.41, 5.74) is 3.75. The Morgan fingerprint density at radius 2 is 1.63 bits per heavy atom. The fourth-order valence-electron chi connectivity index (χ4n) is 3.16. The van der Waals surface area contributed by atoms with Crippen LogP contribution in [0.2, 0.25) is 0 Å². The second-order valence-electron chi connectivity index (χ2n) is 9.92. The monoisotopic (exact) mass is 581 g/mol. The van der Waals surface area contributed by atoms with E-state index in [2.05, 4.69) is 10.1 Å². The fourth-order valence-corrected chi connectivity index (χ4v) is 3.16. The van der Waals surface area contributed by atoms with E-state index in [1.807, 2.05) is 86.9 Å². The van der Waals surface area contributed by atoms with Gasteiger partial charge in [-0.2, -0.15) is 0 Å². The molecule has 0 aromatic heterocycles. The zero-order valence-electron chi connectivity index (χ0n) is 26.3. The van der Waals surface area contributed by atoms with Crippen molar-refractivity contribution in [2.45, 2.75) is 74.7 Å². The zero-order chi connectivity index (χ0) is 32.0. The van der Waals surface area contributed by atoms with E-state index in [1.165, 1.54) is 7.11 Å². The highest BCUT2D eigenvalue weighted by Crippen LogP contribution is 2.23. The smallest absolute Gasteiger partial charge is 0.298 e. The van der Waals surface area contributed by atoms with Crippen molar-refractivity contribution in [1.29, 1.82) is 0 Å². The first-order chi connectivity index (χ1) is 19.3. The van der Waals surface area contributed by atoms with Gasteiger partial charge in [-0.25, -0.2) is 8.78 Å². The van der Waals surface area contributed by atoms with Crippen molar-refractivity contribution < 1.29 is 37.4 Å². The van der Waals surface area contributed by atoms with Crippen LogP contribution in [0.3, 0.4) is 0 Å². The molecule has 232 valence electrons. The van der Waals surface area contributed by atoms with E-state index in [9.17, 15) is 18.4 Å². The number of ether oxygens (including phenoxy) is 3. The van der Waals surface area contributed by atoms with Crippen LogP contribution in [-0.2, 0) is 23.9 Å². The number of ketones is 1. The summed E-state index contributed by atoms with van der Waals surface area (Å²) >= 11 is 0. The molecule has 1 rings (SSSR count). The largest absolute Gasteiger partial charge is 0.488 e. The average molecular weight is 582 g/mol. The minimum absolute atomic E-state index is 0.0205. The van der Waals surface area contributed by atoms with Crippen molar-refractivity contribution in [3.8, 4) is 5.75 Å². The molecule has 2 atom stereocenters. The predicted octanol–water partition coefficient (Wildman–Crippen LogP) is 7.13. The summed E-state index contributed by atoms with van der Waals surface area (Å²) in [6.07, 6.45) is 5.07. The summed E-state index contributed by atoms with van der Waals surface area (Å²) in [5.74, 6) is 1.62. The van der Waals surface area contributed by atoms with Crippen molar-refractivity contribution in [1.82, 2.24) is 5.32 Å². The lowest BCUT2D eigenvalue weighted by Gasteiger charge is -2.17. The van der Waals surface area contributed by atoms with E-state index < -0.39 is 13.0 Å². The number of hydrogen-bond acceptors (Lipinski definition) is 7. The van der Waals surface area contributed by atoms with Gasteiger partial charge in [-0.05, 0) is 93.1 Å². The van der Waals surface area contributed by atoms with Gasteiger partial charge in [-0.15, -0.1) is 0 Å². The van der Waals surface area contributed by atoms with E-state index in [4.69, 9.17) is 14.3 Å². The summed E-state index contributed by atoms with van der Waals surface area (Å²) < 4.78 is 37.4. The van der Waals surface area contributed by atoms with Crippen molar-refractivity contribution >= 4 is 18.7 Å². The molecule has 0 fully saturated rings. The number of carbonyl (C=O) groups excluding carboxylic acids is 3. The van der Waals surface area contributed by atoms with E-state index in [1.54, 1.807) is 12.1 Å². The van der Waals surface area contributed by atoms with E-state index in [-0.39, 0.29) is 17.6 Å². The first kappa shape index (κ1) is 39.7. The van der Waals surface area contributed by atoms with Crippen LogP contribution in [0.5, 0.6) is 5.75 Å². The lowest BCUT2D eigenvalue weighted by molar-refractivity contribution is -0.126. The molecule has 1 aromatic carbocycles. The number of nitrogens with one attached hydrogen (secondary N) is 1. The molecule has 1 aromatic rings. The summed E-state index contributed by atoms with van der Waals surface area (Å²) in [6, 6.07) is 5.32. The maximum Gasteiger partial charge on any atom is 0.298 e. The van der Waals surface area contributed by atoms with Crippen LogP contribution in [-0.4, -0.2) is 45.9 Å². The average Bonchev–Trinajstić information content (AvgIpc) is 2.94. The van der Waals surface area contributed by atoms with E-state index >= 15 is 0 Å². The van der Waals surface area contributed by atoms with Crippen LogP contribution in [0, 0.1) is 31.6 Å². The Morgan fingerprint density at radius 3 is 2.10 bits per heavy atom. The Balaban J connectivity index is 0. The molecular formula is C32H49F2NO6. The highest BCUT2D eigenvalue weighted by molar-refractivity contribution is 5.97. The number of rotatable bonds is 15. The van der Waals surface area contributed by atoms with Crippen molar-refractivity contribution in [3.05, 3.63) is 64.6 Å². The zero-order valence-corrected chi connectivity index (χ0v) is 26.3. The van der Waals surface area contributed by atoms with Crippen LogP contribution in [0.15, 0.2) is 53.5 Å². The maximum atomic E-state index is 12.5. The van der Waals surface area contributed by atoms with Crippen LogP contribution < -0.4 is 10.1 Å². The van der Waals surface area contributed by atoms with Crippen LogP contribution in [0.25, 0.3) is 0 Å². The lowest BCUT2D eigenvalue weighted by Crippen LogP contribution is -2.18. The van der Waals surface area contributed by atoms with Gasteiger partial charge in [-0.1, -0.05) is 39.8 Å². The highest BCUT2D eigenvalue weighted by Gasteiger charge is 2.20. The molecule has 1 N–H and O–H groups in total. The summed E-state index contributed by atoms with van der Waals surface area (Å²) in [4.78, 5) is 32.2. The van der Waals surface area contributed by atoms with Crippen molar-refractivity contribution in [2.75, 3.05) is 20.8 Å². The number of methoxy groups -OCH3 is 1. The molecule has 0 aliphatic rings. The Kier molecular flexibility index (Phi) is 22.5. The third-order valence-corrected chi connectivity index (χ3v) is 6.40. The van der Waals surface area contributed by atoms with Crippen LogP contribution in [0.1, 0.15) is 65.5 Å². The quantitative estimate of drug-likeness (QED) is 0.102.